The first-order chi connectivity index (χ1) is 14.8. The topological polar surface area (TPSA) is 95.2 Å². The van der Waals surface area contributed by atoms with Gasteiger partial charge < -0.3 is 10.5 Å². The lowest BCUT2D eigenvalue weighted by atomic mass is 10.1. The minimum atomic E-state index is -2.59. The maximum Gasteiger partial charge on any atom is 0.364 e. The number of halogens is 2. The Labute approximate surface area is 177 Å². The summed E-state index contributed by atoms with van der Waals surface area (Å²) in [6.45, 7) is 0.538. The van der Waals surface area contributed by atoms with Crippen LogP contribution in [0.2, 0.25) is 0 Å². The van der Waals surface area contributed by atoms with Gasteiger partial charge in [0, 0.05) is 36.1 Å². The predicted molar refractivity (Wildman–Crippen MR) is 109 cm³/mol. The number of hydrogen-bond acceptors (Lipinski definition) is 5. The average Bonchev–Trinajstić information content (AvgIpc) is 3.16. The number of pyridine rings is 2. The van der Waals surface area contributed by atoms with Crippen molar-refractivity contribution < 1.29 is 27.6 Å². The lowest BCUT2D eigenvalue weighted by molar-refractivity contribution is -0.831. The fraction of sp³-hybridized carbons (Fsp3) is 0.273. The van der Waals surface area contributed by atoms with Gasteiger partial charge in [0.25, 0.3) is 12.3 Å². The van der Waals surface area contributed by atoms with Crippen molar-refractivity contribution in [3.63, 3.8) is 0 Å². The number of aromatic nitrogens is 2. The van der Waals surface area contributed by atoms with Crippen LogP contribution < -0.4 is 10.5 Å². The van der Waals surface area contributed by atoms with Crippen molar-refractivity contribution in [2.75, 3.05) is 13.6 Å². The maximum atomic E-state index is 13.1. The number of amides is 2. The normalized spacial score (nSPS) is 20.8. The number of hydrogen-bond donors (Lipinski definition) is 1. The van der Waals surface area contributed by atoms with Crippen molar-refractivity contribution in [3.8, 4) is 11.6 Å². The van der Waals surface area contributed by atoms with Crippen LogP contribution in [0.25, 0.3) is 10.9 Å². The third-order valence-electron chi connectivity index (χ3n) is 5.69. The van der Waals surface area contributed by atoms with Crippen LogP contribution in [0.15, 0.2) is 48.7 Å². The van der Waals surface area contributed by atoms with Crippen LogP contribution in [0.4, 0.5) is 8.78 Å². The number of nitrogens with zero attached hydrogens (tertiary/aromatic N) is 3. The highest BCUT2D eigenvalue weighted by atomic mass is 19.3. The summed E-state index contributed by atoms with van der Waals surface area (Å²) in [5.41, 5.74) is 6.17. The number of likely N-dealkylation sites (tertiary alicyclic amines) is 1. The molecule has 1 saturated heterocycles. The summed E-state index contributed by atoms with van der Waals surface area (Å²) >= 11 is 0. The van der Waals surface area contributed by atoms with E-state index in [2.05, 4.69) is 9.97 Å². The lowest BCUT2D eigenvalue weighted by Gasteiger charge is -2.31. The molecular weight excluding hydrogens is 406 g/mol. The maximum absolute atomic E-state index is 13.1. The van der Waals surface area contributed by atoms with Crippen molar-refractivity contribution >= 4 is 22.7 Å². The van der Waals surface area contributed by atoms with E-state index in [1.807, 2.05) is 0 Å². The van der Waals surface area contributed by atoms with Gasteiger partial charge in [-0.25, -0.2) is 28.0 Å². The summed E-state index contributed by atoms with van der Waals surface area (Å²) in [5, 5.41) is 0.730. The molecule has 0 spiro atoms. The van der Waals surface area contributed by atoms with Crippen molar-refractivity contribution in [2.24, 2.45) is 5.73 Å². The molecule has 7 nitrogen and oxygen atoms in total. The van der Waals surface area contributed by atoms with Crippen molar-refractivity contribution in [2.45, 2.75) is 25.3 Å². The molecule has 0 bridgehead atoms. The minimum Gasteiger partial charge on any atom is -0.439 e. The summed E-state index contributed by atoms with van der Waals surface area (Å²) in [7, 11) is 1.72. The second-order valence-electron chi connectivity index (χ2n) is 7.74. The van der Waals surface area contributed by atoms with E-state index in [1.54, 1.807) is 37.4 Å². The SMILES string of the molecule is C[N+]1(C(=O)c2ccc3cc(Oc4ccc(C(F)F)cn4)ccc3n2)CCC[C@H]1C(N)=O. The van der Waals surface area contributed by atoms with Crippen molar-refractivity contribution in [3.05, 3.63) is 59.9 Å². The summed E-state index contributed by atoms with van der Waals surface area (Å²) < 4.78 is 30.8. The molecule has 0 radical (unpaired) electrons. The standard InChI is InChI=1S/C22H20F2N4O3/c1-28(10-2-3-18(28)21(25)29)22(30)17-7-4-13-11-15(6-8-16(13)27-17)31-19-9-5-14(12-26-19)20(23)24/h4-9,11-12,18,20H,2-3,10H2,1H3,(H-,25,29)/p+1/t18-,28?/m0/s1. The number of quaternary nitrogens is 1. The van der Waals surface area contributed by atoms with Gasteiger partial charge in [-0.2, -0.15) is 0 Å². The van der Waals surface area contributed by atoms with Gasteiger partial charge in [-0.3, -0.25) is 4.79 Å². The molecule has 2 aromatic heterocycles. The molecule has 3 heterocycles. The molecule has 2 N–H and O–H groups in total. The van der Waals surface area contributed by atoms with Crippen LogP contribution in [-0.4, -0.2) is 45.9 Å². The lowest BCUT2D eigenvalue weighted by Crippen LogP contribution is -2.57. The van der Waals surface area contributed by atoms with E-state index in [9.17, 15) is 18.4 Å². The molecule has 160 valence electrons. The number of nitrogens with two attached hydrogens (primary N) is 1. The fourth-order valence-corrected chi connectivity index (χ4v) is 3.97. The molecule has 0 aliphatic carbocycles. The molecule has 2 atom stereocenters. The highest BCUT2D eigenvalue weighted by Crippen LogP contribution is 2.29. The van der Waals surface area contributed by atoms with E-state index in [0.29, 0.717) is 24.2 Å². The van der Waals surface area contributed by atoms with E-state index in [-0.39, 0.29) is 27.5 Å². The van der Waals surface area contributed by atoms with Crippen LogP contribution in [0, 0.1) is 0 Å². The summed E-state index contributed by atoms with van der Waals surface area (Å²) in [6.07, 6.45) is -0.190. The zero-order valence-corrected chi connectivity index (χ0v) is 16.8. The Bertz CT molecular complexity index is 1150. The van der Waals surface area contributed by atoms with Gasteiger partial charge in [-0.05, 0) is 30.3 Å². The minimum absolute atomic E-state index is 0.0741. The summed E-state index contributed by atoms with van der Waals surface area (Å²) in [5.74, 6) is -0.0802. The predicted octanol–water partition coefficient (Wildman–Crippen LogP) is 3.59. The average molecular weight is 427 g/mol. The molecule has 1 aromatic carbocycles. The number of carbonyl (C=O) groups excluding carboxylic acids is 2. The van der Waals surface area contributed by atoms with Crippen LogP contribution in [-0.2, 0) is 4.79 Å². The van der Waals surface area contributed by atoms with Gasteiger partial charge >= 0.3 is 5.91 Å². The molecule has 3 aromatic rings. The van der Waals surface area contributed by atoms with Gasteiger partial charge in [-0.15, -0.1) is 0 Å². The smallest absolute Gasteiger partial charge is 0.364 e. The highest BCUT2D eigenvalue weighted by Gasteiger charge is 2.48. The number of rotatable bonds is 5. The van der Waals surface area contributed by atoms with E-state index in [1.165, 1.54) is 12.1 Å². The second kappa shape index (κ2) is 7.99. The third kappa shape index (κ3) is 3.96. The molecule has 1 aliphatic rings. The Balaban J connectivity index is 1.57. The van der Waals surface area contributed by atoms with Gasteiger partial charge in [0.1, 0.15) is 5.75 Å². The number of benzene rings is 1. The van der Waals surface area contributed by atoms with Gasteiger partial charge in [0.15, 0.2) is 11.7 Å². The zero-order valence-electron chi connectivity index (χ0n) is 16.8. The summed E-state index contributed by atoms with van der Waals surface area (Å²) in [4.78, 5) is 33.3. The Morgan fingerprint density at radius 1 is 1.19 bits per heavy atom. The molecule has 4 rings (SSSR count). The summed E-state index contributed by atoms with van der Waals surface area (Å²) in [6, 6.07) is 10.5. The quantitative estimate of drug-likeness (QED) is 0.628. The molecule has 0 saturated carbocycles. The Kier molecular flexibility index (Phi) is 5.36. The van der Waals surface area contributed by atoms with E-state index in [4.69, 9.17) is 10.5 Å². The molecule has 2 amide bonds. The van der Waals surface area contributed by atoms with Gasteiger partial charge in [-0.1, -0.05) is 6.07 Å². The van der Waals surface area contributed by atoms with Gasteiger partial charge in [0.05, 0.1) is 19.1 Å². The first kappa shape index (κ1) is 20.8. The number of fused-ring (bicyclic) bond motifs is 1. The first-order valence-electron chi connectivity index (χ1n) is 9.80. The Hall–Kier alpha value is -3.46. The molecule has 1 fully saturated rings. The third-order valence-corrected chi connectivity index (χ3v) is 5.69. The molecule has 9 heteroatoms. The van der Waals surface area contributed by atoms with Gasteiger partial charge in [0.2, 0.25) is 5.88 Å². The second-order valence-corrected chi connectivity index (χ2v) is 7.74. The van der Waals surface area contributed by atoms with E-state index < -0.39 is 18.4 Å². The highest BCUT2D eigenvalue weighted by molar-refractivity contribution is 5.93. The van der Waals surface area contributed by atoms with Crippen LogP contribution in [0.1, 0.15) is 35.3 Å². The van der Waals surface area contributed by atoms with E-state index >= 15 is 0 Å². The largest absolute Gasteiger partial charge is 0.439 e. The van der Waals surface area contributed by atoms with E-state index in [0.717, 1.165) is 18.0 Å². The fourth-order valence-electron chi connectivity index (χ4n) is 3.97. The Morgan fingerprint density at radius 2 is 2.00 bits per heavy atom. The van der Waals surface area contributed by atoms with Crippen LogP contribution in [0.5, 0.6) is 11.6 Å². The van der Waals surface area contributed by atoms with Crippen LogP contribution in [0.3, 0.4) is 0 Å². The number of alkyl halides is 2. The van der Waals surface area contributed by atoms with Crippen LogP contribution >= 0.6 is 0 Å². The molecule has 1 unspecified atom stereocenters. The molecule has 1 aliphatic heterocycles. The zero-order chi connectivity index (χ0) is 22.2. The molecule has 31 heavy (non-hydrogen) atoms. The number of carbonyl (C=O) groups is 2. The first-order valence-corrected chi connectivity index (χ1v) is 9.80. The number of likely N-dealkylation sites (N-methyl/N-ethyl adjacent to an activating group) is 1. The monoisotopic (exact) mass is 427 g/mol. The molecular formula is C22H21F2N4O3+. The van der Waals surface area contributed by atoms with Crippen molar-refractivity contribution in [1.29, 1.82) is 0 Å². The van der Waals surface area contributed by atoms with Crippen molar-refractivity contribution in [1.82, 2.24) is 9.97 Å². The number of primary amides is 1. The Morgan fingerprint density at radius 3 is 2.68 bits per heavy atom. The number of ether oxygens (including phenoxy) is 1.